The van der Waals surface area contributed by atoms with Gasteiger partial charge in [-0.25, -0.2) is 8.42 Å². The van der Waals surface area contributed by atoms with Crippen LogP contribution in [-0.2, 0) is 14.8 Å². The van der Waals surface area contributed by atoms with E-state index in [0.717, 1.165) is 25.7 Å². The van der Waals surface area contributed by atoms with Gasteiger partial charge < -0.3 is 4.90 Å². The molecule has 1 saturated carbocycles. The molecule has 1 heterocycles. The summed E-state index contributed by atoms with van der Waals surface area (Å²) < 4.78 is 26.7. The fraction of sp³-hybridized carbons (Fsp3) is 0.588. The lowest BCUT2D eigenvalue weighted by Gasteiger charge is -2.36. The number of nitro benzene ring substituents is 1. The summed E-state index contributed by atoms with van der Waals surface area (Å²) in [6, 6.07) is 4.89. The summed E-state index contributed by atoms with van der Waals surface area (Å²) in [5, 5.41) is 10.7. The number of benzene rings is 1. The number of piperazine rings is 1. The summed E-state index contributed by atoms with van der Waals surface area (Å²) in [7, 11) is -3.71. The molecule has 1 aromatic carbocycles. The van der Waals surface area contributed by atoms with Crippen LogP contribution in [0.4, 0.5) is 5.69 Å². The molecule has 26 heavy (non-hydrogen) atoms. The number of hydrogen-bond donors (Lipinski definition) is 0. The Morgan fingerprint density at radius 3 is 2.12 bits per heavy atom. The molecular formula is C17H23N3O5S. The van der Waals surface area contributed by atoms with Crippen molar-refractivity contribution in [3.8, 4) is 0 Å². The van der Waals surface area contributed by atoms with Crippen LogP contribution in [0.5, 0.6) is 0 Å². The number of nitrogens with zero attached hydrogens (tertiary/aromatic N) is 3. The summed E-state index contributed by atoms with van der Waals surface area (Å²) in [5.74, 6) is 0.235. The van der Waals surface area contributed by atoms with Crippen molar-refractivity contribution >= 4 is 21.6 Å². The van der Waals surface area contributed by atoms with Crippen LogP contribution in [-0.4, -0.2) is 54.6 Å². The van der Waals surface area contributed by atoms with E-state index in [1.165, 1.54) is 35.0 Å². The molecule has 2 aliphatic rings. The SMILES string of the molecule is O=C(C1CCCCC1)N1CCN(S(=O)(=O)c2ccc([N+](=O)[O-])cc2)CC1. The first-order valence-electron chi connectivity index (χ1n) is 8.93. The average molecular weight is 381 g/mol. The molecule has 0 radical (unpaired) electrons. The lowest BCUT2D eigenvalue weighted by atomic mass is 9.88. The molecule has 1 aromatic rings. The molecular weight excluding hydrogens is 358 g/mol. The highest BCUT2D eigenvalue weighted by Gasteiger charge is 2.33. The first kappa shape index (κ1) is 18.8. The van der Waals surface area contributed by atoms with Gasteiger partial charge in [-0.1, -0.05) is 19.3 Å². The Kier molecular flexibility index (Phi) is 5.57. The van der Waals surface area contributed by atoms with Crippen molar-refractivity contribution in [1.82, 2.24) is 9.21 Å². The van der Waals surface area contributed by atoms with Crippen LogP contribution in [0, 0.1) is 16.0 Å². The van der Waals surface area contributed by atoms with E-state index in [1.807, 2.05) is 0 Å². The second-order valence-corrected chi connectivity index (χ2v) is 8.75. The van der Waals surface area contributed by atoms with Crippen LogP contribution < -0.4 is 0 Å². The number of rotatable bonds is 4. The van der Waals surface area contributed by atoms with Gasteiger partial charge in [-0.2, -0.15) is 4.31 Å². The number of amides is 1. The zero-order chi connectivity index (χ0) is 18.7. The minimum absolute atomic E-state index is 0.0372. The van der Waals surface area contributed by atoms with E-state index >= 15 is 0 Å². The van der Waals surface area contributed by atoms with E-state index in [4.69, 9.17) is 0 Å². The van der Waals surface area contributed by atoms with E-state index < -0.39 is 14.9 Å². The number of hydrogen-bond acceptors (Lipinski definition) is 5. The van der Waals surface area contributed by atoms with Gasteiger partial charge in [0.15, 0.2) is 0 Å². The molecule has 1 aliphatic heterocycles. The number of non-ortho nitro benzene ring substituents is 1. The maximum atomic E-state index is 12.7. The van der Waals surface area contributed by atoms with Crippen LogP contribution >= 0.6 is 0 Å². The standard InChI is InChI=1S/C17H23N3O5S/c21-17(14-4-2-1-3-5-14)18-10-12-19(13-11-18)26(24,25)16-8-6-15(7-9-16)20(22)23/h6-9,14H,1-5,10-13H2. The van der Waals surface area contributed by atoms with Crippen molar-refractivity contribution in [3.63, 3.8) is 0 Å². The zero-order valence-corrected chi connectivity index (χ0v) is 15.4. The van der Waals surface area contributed by atoms with E-state index in [2.05, 4.69) is 0 Å². The first-order chi connectivity index (χ1) is 12.4. The highest BCUT2D eigenvalue weighted by atomic mass is 32.2. The van der Waals surface area contributed by atoms with Crippen molar-refractivity contribution in [2.75, 3.05) is 26.2 Å². The van der Waals surface area contributed by atoms with E-state index in [-0.39, 0.29) is 35.5 Å². The molecule has 0 unspecified atom stereocenters. The third-order valence-electron chi connectivity index (χ3n) is 5.19. The van der Waals surface area contributed by atoms with E-state index in [0.29, 0.717) is 13.1 Å². The Labute approximate surface area is 153 Å². The maximum absolute atomic E-state index is 12.7. The Balaban J connectivity index is 1.63. The average Bonchev–Trinajstić information content (AvgIpc) is 2.68. The van der Waals surface area contributed by atoms with Gasteiger partial charge in [0, 0.05) is 44.2 Å². The number of sulfonamides is 1. The van der Waals surface area contributed by atoms with Gasteiger partial charge in [-0.3, -0.25) is 14.9 Å². The molecule has 9 heteroatoms. The van der Waals surface area contributed by atoms with Gasteiger partial charge in [0.1, 0.15) is 0 Å². The second-order valence-electron chi connectivity index (χ2n) is 6.82. The third kappa shape index (κ3) is 3.88. The predicted molar refractivity (Wildman–Crippen MR) is 95.0 cm³/mol. The van der Waals surface area contributed by atoms with Crippen molar-refractivity contribution in [1.29, 1.82) is 0 Å². The fourth-order valence-electron chi connectivity index (χ4n) is 3.65. The van der Waals surface area contributed by atoms with Crippen molar-refractivity contribution in [2.24, 2.45) is 5.92 Å². The highest BCUT2D eigenvalue weighted by molar-refractivity contribution is 7.89. The molecule has 8 nitrogen and oxygen atoms in total. The molecule has 2 fully saturated rings. The fourth-order valence-corrected chi connectivity index (χ4v) is 5.07. The zero-order valence-electron chi connectivity index (χ0n) is 14.5. The molecule has 1 amide bonds. The Morgan fingerprint density at radius 2 is 1.58 bits per heavy atom. The quantitative estimate of drug-likeness (QED) is 0.586. The molecule has 1 saturated heterocycles. The molecule has 0 aromatic heterocycles. The highest BCUT2D eigenvalue weighted by Crippen LogP contribution is 2.26. The lowest BCUT2D eigenvalue weighted by molar-refractivity contribution is -0.384. The smallest absolute Gasteiger partial charge is 0.269 e. The van der Waals surface area contributed by atoms with E-state index in [9.17, 15) is 23.3 Å². The lowest BCUT2D eigenvalue weighted by Crippen LogP contribution is -2.52. The summed E-state index contributed by atoms with van der Waals surface area (Å²) >= 11 is 0. The van der Waals surface area contributed by atoms with Gasteiger partial charge in [0.05, 0.1) is 9.82 Å². The van der Waals surface area contributed by atoms with Crippen molar-refractivity contribution in [2.45, 2.75) is 37.0 Å². The molecule has 0 spiro atoms. The number of carbonyl (C=O) groups excluding carboxylic acids is 1. The summed E-state index contributed by atoms with van der Waals surface area (Å²) in [4.78, 5) is 24.5. The molecule has 3 rings (SSSR count). The molecule has 0 N–H and O–H groups in total. The van der Waals surface area contributed by atoms with Gasteiger partial charge >= 0.3 is 0 Å². The minimum Gasteiger partial charge on any atom is -0.340 e. The van der Waals surface area contributed by atoms with Gasteiger partial charge in [-0.15, -0.1) is 0 Å². The van der Waals surface area contributed by atoms with Crippen LogP contribution in [0.25, 0.3) is 0 Å². The maximum Gasteiger partial charge on any atom is 0.269 e. The molecule has 0 bridgehead atoms. The van der Waals surface area contributed by atoms with Crippen LogP contribution in [0.3, 0.4) is 0 Å². The van der Waals surface area contributed by atoms with Crippen molar-refractivity contribution < 1.29 is 18.1 Å². The normalized spacial score (nSPS) is 20.1. The van der Waals surface area contributed by atoms with Gasteiger partial charge in [0.25, 0.3) is 5.69 Å². The first-order valence-corrected chi connectivity index (χ1v) is 10.4. The largest absolute Gasteiger partial charge is 0.340 e. The topological polar surface area (TPSA) is 101 Å². The summed E-state index contributed by atoms with van der Waals surface area (Å²) in [5.41, 5.74) is -0.146. The number of nitro groups is 1. The molecule has 0 atom stereocenters. The summed E-state index contributed by atoms with van der Waals surface area (Å²) in [6.45, 7) is 1.28. The number of carbonyl (C=O) groups is 1. The Bertz CT molecular complexity index is 764. The second kappa shape index (κ2) is 7.71. The summed E-state index contributed by atoms with van der Waals surface area (Å²) in [6.07, 6.45) is 5.22. The Morgan fingerprint density at radius 1 is 1.00 bits per heavy atom. The van der Waals surface area contributed by atoms with Crippen LogP contribution in [0.2, 0.25) is 0 Å². The molecule has 1 aliphatic carbocycles. The minimum atomic E-state index is -3.71. The van der Waals surface area contributed by atoms with Gasteiger partial charge in [-0.05, 0) is 25.0 Å². The van der Waals surface area contributed by atoms with Gasteiger partial charge in [0.2, 0.25) is 15.9 Å². The van der Waals surface area contributed by atoms with Crippen LogP contribution in [0.15, 0.2) is 29.2 Å². The van der Waals surface area contributed by atoms with Crippen LogP contribution in [0.1, 0.15) is 32.1 Å². The monoisotopic (exact) mass is 381 g/mol. The Hall–Kier alpha value is -2.00. The van der Waals surface area contributed by atoms with Crippen molar-refractivity contribution in [3.05, 3.63) is 34.4 Å². The third-order valence-corrected chi connectivity index (χ3v) is 7.10. The van der Waals surface area contributed by atoms with E-state index in [1.54, 1.807) is 4.90 Å². The molecule has 142 valence electrons. The predicted octanol–water partition coefficient (Wildman–Crippen LogP) is 2.01.